The van der Waals surface area contributed by atoms with E-state index in [0.717, 1.165) is 40.0 Å². The van der Waals surface area contributed by atoms with Crippen molar-refractivity contribution in [2.75, 3.05) is 18.1 Å². The predicted octanol–water partition coefficient (Wildman–Crippen LogP) is 4.82. The number of H-pyrrole nitrogens is 1. The lowest BCUT2D eigenvalue weighted by Gasteiger charge is -2.23. The Balaban J connectivity index is 1.87. The lowest BCUT2D eigenvalue weighted by atomic mass is 10.1. The smallest absolute Gasteiger partial charge is 0.414 e. The molecule has 27 heavy (non-hydrogen) atoms. The van der Waals surface area contributed by atoms with Crippen LogP contribution in [0.15, 0.2) is 42.7 Å². The lowest BCUT2D eigenvalue weighted by Crippen LogP contribution is -2.31. The van der Waals surface area contributed by atoms with Crippen molar-refractivity contribution in [3.05, 3.63) is 53.9 Å². The first-order chi connectivity index (χ1) is 13.1. The summed E-state index contributed by atoms with van der Waals surface area (Å²) in [5, 5.41) is 0. The first kappa shape index (κ1) is 18.8. The number of carbonyl (C=O) groups is 1. The second-order valence-electron chi connectivity index (χ2n) is 6.34. The molecular weight excluding hydrogens is 342 g/mol. The van der Waals surface area contributed by atoms with Gasteiger partial charge in [0.1, 0.15) is 5.75 Å². The van der Waals surface area contributed by atoms with Crippen molar-refractivity contribution in [1.82, 2.24) is 9.97 Å². The Hall–Kier alpha value is -3.02. The van der Waals surface area contributed by atoms with Crippen LogP contribution >= 0.6 is 0 Å². The summed E-state index contributed by atoms with van der Waals surface area (Å²) in [5.41, 5.74) is 4.56. The summed E-state index contributed by atoms with van der Waals surface area (Å²) in [6.07, 6.45) is 2.25. The maximum atomic E-state index is 12.6. The number of nitrogens with zero attached hydrogens (tertiary/aromatic N) is 2. The number of carbonyl (C=O) groups excluding carboxylic acids is 1. The van der Waals surface area contributed by atoms with Gasteiger partial charge in [0.25, 0.3) is 0 Å². The maximum absolute atomic E-state index is 12.6. The molecule has 1 N–H and O–H groups in total. The zero-order valence-electron chi connectivity index (χ0n) is 16.0. The van der Waals surface area contributed by atoms with E-state index in [1.54, 1.807) is 18.2 Å². The minimum atomic E-state index is -0.373. The minimum Gasteiger partial charge on any atom is -0.494 e. The molecule has 0 saturated heterocycles. The fourth-order valence-corrected chi connectivity index (χ4v) is 2.92. The Morgan fingerprint density at radius 3 is 2.67 bits per heavy atom. The predicted molar refractivity (Wildman–Crippen MR) is 106 cm³/mol. The fourth-order valence-electron chi connectivity index (χ4n) is 2.92. The molecule has 3 aromatic rings. The molecule has 0 radical (unpaired) electrons. The molecule has 0 spiro atoms. The van der Waals surface area contributed by atoms with Crippen molar-refractivity contribution < 1.29 is 14.3 Å². The van der Waals surface area contributed by atoms with Gasteiger partial charge in [-0.15, -0.1) is 0 Å². The normalized spacial score (nSPS) is 10.8. The van der Waals surface area contributed by atoms with E-state index in [0.29, 0.717) is 19.8 Å². The minimum absolute atomic E-state index is 0.324. The van der Waals surface area contributed by atoms with E-state index >= 15 is 0 Å². The fraction of sp³-hybridized carbons (Fsp3) is 0.333. The average molecular weight is 367 g/mol. The molecule has 0 aliphatic rings. The number of imidazole rings is 1. The molecule has 0 fully saturated rings. The summed E-state index contributed by atoms with van der Waals surface area (Å²) in [6, 6.07) is 11.7. The number of aromatic nitrogens is 2. The summed E-state index contributed by atoms with van der Waals surface area (Å²) < 4.78 is 10.9. The number of rotatable bonds is 7. The number of aryl methyl sites for hydroxylation is 1. The second kappa shape index (κ2) is 8.58. The summed E-state index contributed by atoms with van der Waals surface area (Å²) in [6.45, 7) is 7.29. The highest BCUT2D eigenvalue weighted by Gasteiger charge is 2.19. The zero-order valence-corrected chi connectivity index (χ0v) is 16.0. The van der Waals surface area contributed by atoms with Gasteiger partial charge in [0.2, 0.25) is 0 Å². The molecule has 0 atom stereocenters. The number of anilines is 1. The molecule has 6 heteroatoms. The zero-order chi connectivity index (χ0) is 19.2. The largest absolute Gasteiger partial charge is 0.494 e. The number of fused-ring (bicyclic) bond motifs is 1. The van der Waals surface area contributed by atoms with E-state index in [1.165, 1.54) is 0 Å². The second-order valence-corrected chi connectivity index (χ2v) is 6.34. The average Bonchev–Trinajstić information content (AvgIpc) is 3.14. The molecule has 0 unspecified atom stereocenters. The van der Waals surface area contributed by atoms with Crippen LogP contribution in [0.4, 0.5) is 10.5 Å². The first-order valence-corrected chi connectivity index (χ1v) is 9.22. The molecule has 1 aromatic heterocycles. The van der Waals surface area contributed by atoms with Gasteiger partial charge in [0, 0.05) is 5.69 Å². The third kappa shape index (κ3) is 4.39. The number of nitrogens with one attached hydrogen (secondary N) is 1. The standard InChI is InChI=1S/C21H25N3O3/c1-4-10-27-18-8-6-16(7-9-18)13-24(21(25)26-5-2)17-11-15(3)20-19(12-17)22-14-23-20/h6-9,11-12,14H,4-5,10,13H2,1-3H3,(H,22,23). The molecule has 6 nitrogen and oxygen atoms in total. The van der Waals surface area contributed by atoms with Crippen LogP contribution in [-0.4, -0.2) is 29.3 Å². The quantitative estimate of drug-likeness (QED) is 0.650. The van der Waals surface area contributed by atoms with Gasteiger partial charge in [0.15, 0.2) is 0 Å². The van der Waals surface area contributed by atoms with Gasteiger partial charge in [-0.25, -0.2) is 9.78 Å². The van der Waals surface area contributed by atoms with Gasteiger partial charge in [-0.2, -0.15) is 0 Å². The highest BCUT2D eigenvalue weighted by atomic mass is 16.6. The van der Waals surface area contributed by atoms with E-state index in [1.807, 2.05) is 43.3 Å². The molecular formula is C21H25N3O3. The van der Waals surface area contributed by atoms with E-state index in [-0.39, 0.29) is 6.09 Å². The number of aromatic amines is 1. The molecule has 0 aliphatic carbocycles. The molecule has 0 aliphatic heterocycles. The van der Waals surface area contributed by atoms with E-state index in [2.05, 4.69) is 16.9 Å². The third-order valence-electron chi connectivity index (χ3n) is 4.24. The van der Waals surface area contributed by atoms with Crippen LogP contribution in [0.3, 0.4) is 0 Å². The number of hydrogen-bond acceptors (Lipinski definition) is 4. The topological polar surface area (TPSA) is 67.4 Å². The SMILES string of the molecule is CCCOc1ccc(CN(C(=O)OCC)c2cc(C)c3nc[nH]c3c2)cc1. The molecule has 2 aromatic carbocycles. The Labute approximate surface area is 159 Å². The number of benzene rings is 2. The Morgan fingerprint density at radius 1 is 1.19 bits per heavy atom. The van der Waals surface area contributed by atoms with Crippen molar-refractivity contribution in [3.63, 3.8) is 0 Å². The molecule has 3 rings (SSSR count). The molecule has 142 valence electrons. The summed E-state index contributed by atoms with van der Waals surface area (Å²) in [4.78, 5) is 21.7. The third-order valence-corrected chi connectivity index (χ3v) is 4.24. The lowest BCUT2D eigenvalue weighted by molar-refractivity contribution is 0.159. The molecule has 1 heterocycles. The Bertz CT molecular complexity index is 903. The van der Waals surface area contributed by atoms with Crippen LogP contribution in [0, 0.1) is 6.92 Å². The van der Waals surface area contributed by atoms with Gasteiger partial charge in [-0.05, 0) is 55.7 Å². The van der Waals surface area contributed by atoms with Crippen molar-refractivity contribution >= 4 is 22.8 Å². The maximum Gasteiger partial charge on any atom is 0.414 e. The van der Waals surface area contributed by atoms with E-state index in [9.17, 15) is 4.79 Å². The summed E-state index contributed by atoms with van der Waals surface area (Å²) in [5.74, 6) is 0.831. The van der Waals surface area contributed by atoms with Gasteiger partial charge in [0.05, 0.1) is 37.1 Å². The number of amides is 1. The van der Waals surface area contributed by atoms with Crippen molar-refractivity contribution in [2.24, 2.45) is 0 Å². The van der Waals surface area contributed by atoms with E-state index < -0.39 is 0 Å². The van der Waals surface area contributed by atoms with Crippen molar-refractivity contribution in [3.8, 4) is 5.75 Å². The van der Waals surface area contributed by atoms with Crippen molar-refractivity contribution in [2.45, 2.75) is 33.7 Å². The van der Waals surface area contributed by atoms with Gasteiger partial charge in [-0.3, -0.25) is 4.90 Å². The van der Waals surface area contributed by atoms with Crippen LogP contribution in [0.5, 0.6) is 5.75 Å². The molecule has 0 bridgehead atoms. The first-order valence-electron chi connectivity index (χ1n) is 9.22. The van der Waals surface area contributed by atoms with E-state index in [4.69, 9.17) is 9.47 Å². The summed E-state index contributed by atoms with van der Waals surface area (Å²) >= 11 is 0. The Kier molecular flexibility index (Phi) is 5.96. The monoisotopic (exact) mass is 367 g/mol. The van der Waals surface area contributed by atoms with Crippen LogP contribution in [0.1, 0.15) is 31.4 Å². The summed E-state index contributed by atoms with van der Waals surface area (Å²) in [7, 11) is 0. The molecule has 0 saturated carbocycles. The van der Waals surface area contributed by atoms with Crippen molar-refractivity contribution in [1.29, 1.82) is 0 Å². The van der Waals surface area contributed by atoms with Crippen LogP contribution in [0.2, 0.25) is 0 Å². The van der Waals surface area contributed by atoms with Crippen LogP contribution < -0.4 is 9.64 Å². The Morgan fingerprint density at radius 2 is 1.96 bits per heavy atom. The molecule has 1 amide bonds. The number of hydrogen-bond donors (Lipinski definition) is 1. The number of ether oxygens (including phenoxy) is 2. The van der Waals surface area contributed by atoms with Gasteiger partial charge in [-0.1, -0.05) is 19.1 Å². The highest BCUT2D eigenvalue weighted by Crippen LogP contribution is 2.26. The van der Waals surface area contributed by atoms with Gasteiger partial charge < -0.3 is 14.5 Å². The van der Waals surface area contributed by atoms with Crippen LogP contribution in [0.25, 0.3) is 11.0 Å². The van der Waals surface area contributed by atoms with Crippen LogP contribution in [-0.2, 0) is 11.3 Å². The highest BCUT2D eigenvalue weighted by molar-refractivity contribution is 5.92. The van der Waals surface area contributed by atoms with Gasteiger partial charge >= 0.3 is 6.09 Å².